The van der Waals surface area contributed by atoms with Gasteiger partial charge in [-0.15, -0.1) is 0 Å². The highest BCUT2D eigenvalue weighted by molar-refractivity contribution is 4.96. The summed E-state index contributed by atoms with van der Waals surface area (Å²) in [6.45, 7) is 8.10. The Kier molecular flexibility index (Phi) is 6.56. The predicted octanol–water partition coefficient (Wildman–Crippen LogP) is 1.82. The Balaban J connectivity index is 1.87. The first-order valence-corrected chi connectivity index (χ1v) is 10.7. The molecule has 158 valence electrons. The quantitative estimate of drug-likeness (QED) is 0.549. The van der Waals surface area contributed by atoms with Crippen LogP contribution in [0.15, 0.2) is 0 Å². The molecule has 4 heterocycles. The van der Waals surface area contributed by atoms with E-state index in [1.165, 1.54) is 0 Å². The summed E-state index contributed by atoms with van der Waals surface area (Å²) in [6, 6.07) is 0. The second kappa shape index (κ2) is 8.25. The van der Waals surface area contributed by atoms with Gasteiger partial charge >= 0.3 is 0 Å². The van der Waals surface area contributed by atoms with Crippen molar-refractivity contribution < 1.29 is 29.9 Å². The molecule has 27 heavy (non-hydrogen) atoms. The smallest absolute Gasteiger partial charge is 0.160 e. The van der Waals surface area contributed by atoms with Crippen molar-refractivity contribution in [3.8, 4) is 0 Å². The molecule has 6 heteroatoms. The summed E-state index contributed by atoms with van der Waals surface area (Å²) >= 11 is 0. The molecule has 4 saturated heterocycles. The van der Waals surface area contributed by atoms with Crippen LogP contribution in [-0.4, -0.2) is 62.8 Å². The van der Waals surface area contributed by atoms with Crippen molar-refractivity contribution in [2.24, 2.45) is 23.7 Å². The summed E-state index contributed by atoms with van der Waals surface area (Å²) in [7, 11) is 0. The fourth-order valence-corrected chi connectivity index (χ4v) is 5.66. The standard InChI is InChI=1S/C21H38O6/c1-5-13-17-9-15(22)11(2)8-16(23)19-12(3)10-21(4,27-19)7-6-14(18(13)24)20(25)26-17/h11-20,22-25H,5-10H2,1-4H3. The van der Waals surface area contributed by atoms with E-state index in [1.807, 2.05) is 13.8 Å². The van der Waals surface area contributed by atoms with E-state index in [4.69, 9.17) is 9.47 Å². The summed E-state index contributed by atoms with van der Waals surface area (Å²) in [5, 5.41) is 42.9. The maximum atomic E-state index is 10.9. The van der Waals surface area contributed by atoms with E-state index in [9.17, 15) is 20.4 Å². The van der Waals surface area contributed by atoms with Gasteiger partial charge in [0.25, 0.3) is 0 Å². The largest absolute Gasteiger partial charge is 0.393 e. The Bertz CT molecular complexity index is 501. The summed E-state index contributed by atoms with van der Waals surface area (Å²) in [5.74, 6) is -0.371. The zero-order valence-electron chi connectivity index (χ0n) is 17.1. The average molecular weight is 387 g/mol. The zero-order chi connectivity index (χ0) is 19.9. The summed E-state index contributed by atoms with van der Waals surface area (Å²) in [6.07, 6.45) is 0.132. The maximum absolute atomic E-state index is 10.9. The van der Waals surface area contributed by atoms with Crippen LogP contribution in [0.25, 0.3) is 0 Å². The number of rotatable bonds is 1. The molecular weight excluding hydrogens is 348 g/mol. The molecule has 4 aliphatic heterocycles. The highest BCUT2D eigenvalue weighted by atomic mass is 16.6. The minimum Gasteiger partial charge on any atom is -0.393 e. The number of aliphatic hydroxyl groups is 4. The minimum absolute atomic E-state index is 0.114. The van der Waals surface area contributed by atoms with Crippen molar-refractivity contribution >= 4 is 0 Å². The van der Waals surface area contributed by atoms with Crippen LogP contribution < -0.4 is 0 Å². The van der Waals surface area contributed by atoms with E-state index in [1.54, 1.807) is 0 Å². The number of hydrogen-bond donors (Lipinski definition) is 4. The molecule has 6 nitrogen and oxygen atoms in total. The monoisotopic (exact) mass is 386 g/mol. The molecule has 0 saturated carbocycles. The third-order valence-electron chi connectivity index (χ3n) is 7.37. The Morgan fingerprint density at radius 2 is 1.70 bits per heavy atom. The van der Waals surface area contributed by atoms with E-state index in [0.717, 1.165) is 12.8 Å². The van der Waals surface area contributed by atoms with Gasteiger partial charge in [0.1, 0.15) is 0 Å². The molecule has 0 amide bonds. The number of hydrogen-bond acceptors (Lipinski definition) is 6. The molecule has 11 atom stereocenters. The van der Waals surface area contributed by atoms with Gasteiger partial charge in [0.05, 0.1) is 36.1 Å². The highest BCUT2D eigenvalue weighted by Crippen LogP contribution is 2.44. The second-order valence-corrected chi connectivity index (χ2v) is 9.63. The highest BCUT2D eigenvalue weighted by Gasteiger charge is 2.48. The first kappa shape index (κ1) is 21.5. The molecule has 0 radical (unpaired) electrons. The van der Waals surface area contributed by atoms with Crippen LogP contribution in [0.2, 0.25) is 0 Å². The fourth-order valence-electron chi connectivity index (χ4n) is 5.66. The minimum atomic E-state index is -1.03. The van der Waals surface area contributed by atoms with Gasteiger partial charge in [-0.2, -0.15) is 0 Å². The van der Waals surface area contributed by atoms with E-state index in [2.05, 4.69) is 13.8 Å². The van der Waals surface area contributed by atoms with E-state index in [-0.39, 0.29) is 41.5 Å². The molecule has 0 aromatic rings. The van der Waals surface area contributed by atoms with Crippen LogP contribution in [-0.2, 0) is 9.47 Å². The van der Waals surface area contributed by atoms with Crippen molar-refractivity contribution in [1.29, 1.82) is 0 Å². The third-order valence-corrected chi connectivity index (χ3v) is 7.37. The van der Waals surface area contributed by atoms with Gasteiger partial charge < -0.3 is 29.9 Å². The van der Waals surface area contributed by atoms with Crippen molar-refractivity contribution in [2.75, 3.05) is 0 Å². The van der Waals surface area contributed by atoms with Crippen LogP contribution in [0.1, 0.15) is 66.2 Å². The maximum Gasteiger partial charge on any atom is 0.160 e. The topological polar surface area (TPSA) is 99.4 Å². The predicted molar refractivity (Wildman–Crippen MR) is 101 cm³/mol. The number of ether oxygens (including phenoxy) is 2. The van der Waals surface area contributed by atoms with Crippen molar-refractivity contribution in [2.45, 2.75) is 109 Å². The molecular formula is C21H38O6. The molecule has 11 unspecified atom stereocenters. The summed E-state index contributed by atoms with van der Waals surface area (Å²) in [5.41, 5.74) is -0.380. The second-order valence-electron chi connectivity index (χ2n) is 9.63. The van der Waals surface area contributed by atoms with Gasteiger partial charge in [-0.1, -0.05) is 20.8 Å². The molecule has 4 aliphatic rings. The van der Waals surface area contributed by atoms with E-state index >= 15 is 0 Å². The lowest BCUT2D eigenvalue weighted by Gasteiger charge is -2.45. The fraction of sp³-hybridized carbons (Fsp3) is 1.00. The lowest BCUT2D eigenvalue weighted by Crippen LogP contribution is -2.52. The van der Waals surface area contributed by atoms with Gasteiger partial charge in [0.2, 0.25) is 0 Å². The Labute approximate surface area is 162 Å². The van der Waals surface area contributed by atoms with Crippen LogP contribution >= 0.6 is 0 Å². The third kappa shape index (κ3) is 4.36. The normalized spacial score (nSPS) is 54.7. The molecule has 4 N–H and O–H groups in total. The molecule has 4 bridgehead atoms. The van der Waals surface area contributed by atoms with E-state index < -0.39 is 24.6 Å². The Morgan fingerprint density at radius 3 is 2.37 bits per heavy atom. The lowest BCUT2D eigenvalue weighted by atomic mass is 9.76. The average Bonchev–Trinajstić information content (AvgIpc) is 2.89. The summed E-state index contributed by atoms with van der Waals surface area (Å²) < 4.78 is 12.2. The van der Waals surface area contributed by atoms with Crippen LogP contribution in [0.4, 0.5) is 0 Å². The van der Waals surface area contributed by atoms with Crippen LogP contribution in [0, 0.1) is 23.7 Å². The lowest BCUT2D eigenvalue weighted by molar-refractivity contribution is -0.258. The van der Waals surface area contributed by atoms with E-state index in [0.29, 0.717) is 25.7 Å². The zero-order valence-corrected chi connectivity index (χ0v) is 17.1. The van der Waals surface area contributed by atoms with Gasteiger partial charge in [-0.25, -0.2) is 0 Å². The molecule has 4 rings (SSSR count). The number of fused-ring (bicyclic) bond motifs is 7. The van der Waals surface area contributed by atoms with Gasteiger partial charge in [0.15, 0.2) is 6.29 Å². The Morgan fingerprint density at radius 1 is 1.00 bits per heavy atom. The van der Waals surface area contributed by atoms with Crippen LogP contribution in [0.5, 0.6) is 0 Å². The number of aliphatic hydroxyl groups excluding tert-OH is 4. The van der Waals surface area contributed by atoms with Crippen molar-refractivity contribution in [3.63, 3.8) is 0 Å². The first-order valence-electron chi connectivity index (χ1n) is 10.7. The van der Waals surface area contributed by atoms with Crippen molar-refractivity contribution in [3.05, 3.63) is 0 Å². The van der Waals surface area contributed by atoms with Gasteiger partial charge in [0, 0.05) is 18.3 Å². The molecule has 0 aliphatic carbocycles. The molecule has 0 aromatic heterocycles. The SMILES string of the molecule is CCC1C2CC(O)C(C)CC(O)C3OC(C)(CCC(C(O)O2)C1O)CC3C. The summed E-state index contributed by atoms with van der Waals surface area (Å²) in [4.78, 5) is 0. The molecule has 4 fully saturated rings. The molecule has 0 aromatic carbocycles. The van der Waals surface area contributed by atoms with Gasteiger partial charge in [-0.05, 0) is 50.9 Å². The first-order chi connectivity index (χ1) is 12.6. The van der Waals surface area contributed by atoms with Gasteiger partial charge in [-0.3, -0.25) is 0 Å². The van der Waals surface area contributed by atoms with Crippen molar-refractivity contribution in [1.82, 2.24) is 0 Å². The molecule has 0 spiro atoms. The van der Waals surface area contributed by atoms with Crippen LogP contribution in [0.3, 0.4) is 0 Å². The Hall–Kier alpha value is -0.240.